The zero-order valence-corrected chi connectivity index (χ0v) is 18.6. The van der Waals surface area contributed by atoms with Crippen molar-refractivity contribution in [2.75, 3.05) is 13.2 Å². The maximum absolute atomic E-state index is 9.64. The first-order valence-electron chi connectivity index (χ1n) is 11.1. The van der Waals surface area contributed by atoms with E-state index in [1.54, 1.807) is 0 Å². The molecule has 0 aliphatic heterocycles. The van der Waals surface area contributed by atoms with Gasteiger partial charge < -0.3 is 20.3 Å². The van der Waals surface area contributed by atoms with Crippen LogP contribution < -0.4 is 10.6 Å². The number of nitrogens with zero attached hydrogens (tertiary/aromatic N) is 4. The lowest BCUT2D eigenvalue weighted by atomic mass is 9.72. The molecule has 1 unspecified atom stereocenters. The van der Waals surface area contributed by atoms with Gasteiger partial charge >= 0.3 is 0 Å². The molecule has 3 rings (SSSR count). The summed E-state index contributed by atoms with van der Waals surface area (Å²) in [5, 5.41) is 25.1. The van der Waals surface area contributed by atoms with E-state index in [1.807, 2.05) is 24.6 Å². The van der Waals surface area contributed by atoms with E-state index in [4.69, 9.17) is 4.99 Å². The van der Waals surface area contributed by atoms with Crippen molar-refractivity contribution in [1.82, 2.24) is 25.4 Å². The second-order valence-corrected chi connectivity index (χ2v) is 8.55. The number of nitrogens with one attached hydrogen (secondary N) is 2. The molecule has 2 aromatic rings. The molecule has 1 aliphatic rings. The van der Waals surface area contributed by atoms with Gasteiger partial charge in [0.1, 0.15) is 12.4 Å². The Labute approximate surface area is 180 Å². The highest BCUT2D eigenvalue weighted by atomic mass is 16.3. The van der Waals surface area contributed by atoms with E-state index in [9.17, 15) is 5.11 Å². The van der Waals surface area contributed by atoms with Gasteiger partial charge in [-0.2, -0.15) is 0 Å². The number of benzene rings is 1. The van der Waals surface area contributed by atoms with Crippen LogP contribution in [0.25, 0.3) is 0 Å². The van der Waals surface area contributed by atoms with Crippen molar-refractivity contribution in [2.45, 2.75) is 65.0 Å². The fraction of sp³-hybridized carbons (Fsp3) is 0.609. The molecule has 0 saturated heterocycles. The van der Waals surface area contributed by atoms with Crippen LogP contribution in [-0.4, -0.2) is 39.0 Å². The summed E-state index contributed by atoms with van der Waals surface area (Å²) in [7, 11) is 1.96. The number of hydrogen-bond acceptors (Lipinski definition) is 4. The first-order chi connectivity index (χ1) is 14.5. The van der Waals surface area contributed by atoms with E-state index in [-0.39, 0.29) is 18.1 Å². The highest BCUT2D eigenvalue weighted by molar-refractivity contribution is 5.80. The number of hydrogen-bond donors (Lipinski definition) is 3. The van der Waals surface area contributed by atoms with E-state index in [2.05, 4.69) is 52.0 Å². The molecular weight excluding hydrogens is 376 g/mol. The van der Waals surface area contributed by atoms with E-state index in [1.165, 1.54) is 24.8 Å². The number of aliphatic hydroxyl groups is 1. The van der Waals surface area contributed by atoms with Crippen LogP contribution in [0.15, 0.2) is 35.3 Å². The number of aliphatic hydroxyl groups excluding tert-OH is 1. The van der Waals surface area contributed by atoms with Crippen LogP contribution in [0, 0.1) is 12.3 Å². The van der Waals surface area contributed by atoms with Crippen molar-refractivity contribution in [3.63, 3.8) is 0 Å². The van der Waals surface area contributed by atoms with Crippen molar-refractivity contribution in [3.05, 3.63) is 47.5 Å². The average molecular weight is 413 g/mol. The minimum Gasteiger partial charge on any atom is -0.396 e. The van der Waals surface area contributed by atoms with Crippen molar-refractivity contribution in [2.24, 2.45) is 17.5 Å². The van der Waals surface area contributed by atoms with Gasteiger partial charge in [-0.3, -0.25) is 0 Å². The van der Waals surface area contributed by atoms with Gasteiger partial charge in [0.15, 0.2) is 11.8 Å². The molecule has 164 valence electrons. The second-order valence-electron chi connectivity index (χ2n) is 8.55. The smallest absolute Gasteiger partial charge is 0.192 e. The van der Waals surface area contributed by atoms with Gasteiger partial charge in [0.05, 0.1) is 6.04 Å². The number of aliphatic imine (C=N–C) groups is 1. The standard InChI is InChI=1S/C23H36N6O/c1-18(20-10-6-4-7-11-20)26-22(24-16-21-28-27-19(2)29(21)3)25-17-23(14-15-30)12-8-5-9-13-23/h4,6-7,10-11,18,30H,5,8-9,12-17H2,1-3H3,(H2,24,25,26). The van der Waals surface area contributed by atoms with Crippen LogP contribution in [0.5, 0.6) is 0 Å². The first kappa shape index (κ1) is 22.3. The van der Waals surface area contributed by atoms with E-state index >= 15 is 0 Å². The number of rotatable bonds is 8. The predicted octanol–water partition coefficient (Wildman–Crippen LogP) is 3.25. The minimum absolute atomic E-state index is 0.124. The third-order valence-electron chi connectivity index (χ3n) is 6.40. The summed E-state index contributed by atoms with van der Waals surface area (Å²) in [6.45, 7) is 5.60. The summed E-state index contributed by atoms with van der Waals surface area (Å²) in [5.74, 6) is 2.49. The Morgan fingerprint density at radius 1 is 1.20 bits per heavy atom. The van der Waals surface area contributed by atoms with Crippen LogP contribution >= 0.6 is 0 Å². The number of aromatic nitrogens is 3. The Hall–Kier alpha value is -2.41. The first-order valence-corrected chi connectivity index (χ1v) is 11.1. The van der Waals surface area contributed by atoms with Gasteiger partial charge in [0.25, 0.3) is 0 Å². The third kappa shape index (κ3) is 5.81. The minimum atomic E-state index is 0.124. The van der Waals surface area contributed by atoms with E-state index in [0.717, 1.165) is 43.4 Å². The molecular formula is C23H36N6O. The van der Waals surface area contributed by atoms with E-state index < -0.39 is 0 Å². The van der Waals surface area contributed by atoms with Gasteiger partial charge in [-0.1, -0.05) is 49.6 Å². The Morgan fingerprint density at radius 3 is 2.57 bits per heavy atom. The largest absolute Gasteiger partial charge is 0.396 e. The molecule has 30 heavy (non-hydrogen) atoms. The molecule has 7 nitrogen and oxygen atoms in total. The Bertz CT molecular complexity index is 805. The summed E-state index contributed by atoms with van der Waals surface area (Å²) >= 11 is 0. The Balaban J connectivity index is 1.73. The van der Waals surface area contributed by atoms with Crippen LogP contribution in [0.2, 0.25) is 0 Å². The Morgan fingerprint density at radius 2 is 1.93 bits per heavy atom. The molecule has 1 aromatic carbocycles. The maximum atomic E-state index is 9.64. The quantitative estimate of drug-likeness (QED) is 0.458. The normalized spacial score (nSPS) is 17.5. The van der Waals surface area contributed by atoms with Gasteiger partial charge in [0, 0.05) is 20.2 Å². The topological polar surface area (TPSA) is 87.4 Å². The van der Waals surface area contributed by atoms with Gasteiger partial charge in [-0.15, -0.1) is 10.2 Å². The fourth-order valence-electron chi connectivity index (χ4n) is 4.25. The molecule has 1 saturated carbocycles. The lowest BCUT2D eigenvalue weighted by Crippen LogP contribution is -2.45. The summed E-state index contributed by atoms with van der Waals surface area (Å²) < 4.78 is 1.97. The lowest BCUT2D eigenvalue weighted by molar-refractivity contribution is 0.131. The van der Waals surface area contributed by atoms with Gasteiger partial charge in [-0.05, 0) is 44.1 Å². The SMILES string of the molecule is Cc1nnc(CN=C(NCC2(CCO)CCCCC2)NC(C)c2ccccc2)n1C. The molecule has 1 aliphatic carbocycles. The molecule has 1 aromatic heterocycles. The molecule has 0 radical (unpaired) electrons. The third-order valence-corrected chi connectivity index (χ3v) is 6.40. The number of guanidine groups is 1. The van der Waals surface area contributed by atoms with Crippen molar-refractivity contribution < 1.29 is 5.11 Å². The van der Waals surface area contributed by atoms with E-state index in [0.29, 0.717) is 6.54 Å². The monoisotopic (exact) mass is 412 g/mol. The van der Waals surface area contributed by atoms with Crippen LogP contribution in [-0.2, 0) is 13.6 Å². The summed E-state index contributed by atoms with van der Waals surface area (Å²) in [6.07, 6.45) is 6.92. The molecule has 0 amide bonds. The molecule has 1 atom stereocenters. The van der Waals surface area contributed by atoms with Crippen molar-refractivity contribution in [1.29, 1.82) is 0 Å². The molecule has 0 bridgehead atoms. The summed E-state index contributed by atoms with van der Waals surface area (Å²) in [6, 6.07) is 10.5. The average Bonchev–Trinajstić information content (AvgIpc) is 3.09. The predicted molar refractivity (Wildman–Crippen MR) is 120 cm³/mol. The van der Waals surface area contributed by atoms with Crippen molar-refractivity contribution >= 4 is 5.96 Å². The van der Waals surface area contributed by atoms with Crippen LogP contribution in [0.1, 0.15) is 68.7 Å². The maximum Gasteiger partial charge on any atom is 0.192 e. The van der Waals surface area contributed by atoms with Crippen LogP contribution in [0.4, 0.5) is 0 Å². The zero-order valence-electron chi connectivity index (χ0n) is 18.6. The fourth-order valence-corrected chi connectivity index (χ4v) is 4.25. The second kappa shape index (κ2) is 10.6. The lowest BCUT2D eigenvalue weighted by Gasteiger charge is -2.37. The highest BCUT2D eigenvalue weighted by Gasteiger charge is 2.31. The molecule has 7 heteroatoms. The molecule has 0 spiro atoms. The highest BCUT2D eigenvalue weighted by Crippen LogP contribution is 2.38. The summed E-state index contributed by atoms with van der Waals surface area (Å²) in [4.78, 5) is 4.82. The summed E-state index contributed by atoms with van der Waals surface area (Å²) in [5.41, 5.74) is 1.36. The van der Waals surface area contributed by atoms with Gasteiger partial charge in [0.2, 0.25) is 0 Å². The van der Waals surface area contributed by atoms with Gasteiger partial charge in [-0.25, -0.2) is 4.99 Å². The molecule has 1 fully saturated rings. The molecule has 3 N–H and O–H groups in total. The Kier molecular flexibility index (Phi) is 7.85. The molecule has 1 heterocycles. The zero-order chi connectivity index (χ0) is 21.4. The van der Waals surface area contributed by atoms with Crippen LogP contribution in [0.3, 0.4) is 0 Å². The van der Waals surface area contributed by atoms with Crippen molar-refractivity contribution in [3.8, 4) is 0 Å². The number of aryl methyl sites for hydroxylation is 1.